The predicted octanol–water partition coefficient (Wildman–Crippen LogP) is 2.02. The molecule has 0 saturated carbocycles. The molecule has 1 aliphatic rings. The molecule has 14 heavy (non-hydrogen) atoms. The summed E-state index contributed by atoms with van der Waals surface area (Å²) in [6, 6.07) is 3.06. The van der Waals surface area contributed by atoms with Crippen LogP contribution in [0.15, 0.2) is 24.4 Å². The van der Waals surface area contributed by atoms with Crippen LogP contribution in [0.5, 0.6) is 0 Å². The Morgan fingerprint density at radius 1 is 1.43 bits per heavy atom. The van der Waals surface area contributed by atoms with E-state index in [1.54, 1.807) is 12.3 Å². The molecule has 0 fully saturated rings. The quantitative estimate of drug-likeness (QED) is 0.774. The molecule has 0 saturated heterocycles. The van der Waals surface area contributed by atoms with Crippen molar-refractivity contribution in [3.05, 3.63) is 35.9 Å². The number of nitrogens with one attached hydrogen (secondary N) is 1. The summed E-state index contributed by atoms with van der Waals surface area (Å²) in [6.07, 6.45) is 4.48. The largest absolute Gasteiger partial charge is 0.313 e. The van der Waals surface area contributed by atoms with E-state index in [-0.39, 0.29) is 18.2 Å². The highest BCUT2D eigenvalue weighted by atomic mass is 35.5. The Hall–Kier alpha value is -0.930. The van der Waals surface area contributed by atoms with Crippen LogP contribution in [0.2, 0.25) is 0 Å². The van der Waals surface area contributed by atoms with E-state index in [0.717, 1.165) is 25.1 Å². The molecule has 1 N–H and O–H groups in total. The van der Waals surface area contributed by atoms with Crippen LogP contribution >= 0.6 is 12.4 Å². The maximum Gasteiger partial charge on any atom is 0.149 e. The summed E-state index contributed by atoms with van der Waals surface area (Å²) in [5.74, 6) is -0.226. The van der Waals surface area contributed by atoms with Gasteiger partial charge in [0.05, 0.1) is 0 Å². The Morgan fingerprint density at radius 2 is 2.29 bits per heavy atom. The molecular weight excluding hydrogens is 203 g/mol. The molecule has 0 radical (unpaired) electrons. The molecule has 0 aromatic carbocycles. The van der Waals surface area contributed by atoms with E-state index in [1.165, 1.54) is 6.07 Å². The summed E-state index contributed by atoms with van der Waals surface area (Å²) >= 11 is 0. The first-order valence-electron chi connectivity index (χ1n) is 4.38. The number of nitrogens with zero attached hydrogens (tertiary/aromatic N) is 1. The molecule has 2 nitrogen and oxygen atoms in total. The lowest BCUT2D eigenvalue weighted by atomic mass is 10.1. The van der Waals surface area contributed by atoms with Crippen molar-refractivity contribution in [2.45, 2.75) is 6.42 Å². The summed E-state index contributed by atoms with van der Waals surface area (Å²) < 4.78 is 13.3. The summed E-state index contributed by atoms with van der Waals surface area (Å²) in [5, 5.41) is 3.18. The molecule has 2 heterocycles. The van der Waals surface area contributed by atoms with Crippen molar-refractivity contribution in [1.29, 1.82) is 0 Å². The third kappa shape index (κ3) is 2.30. The van der Waals surface area contributed by atoms with E-state index >= 15 is 0 Å². The van der Waals surface area contributed by atoms with Crippen molar-refractivity contribution in [1.82, 2.24) is 10.3 Å². The zero-order valence-electron chi connectivity index (χ0n) is 7.66. The molecule has 2 rings (SSSR count). The maximum atomic E-state index is 13.3. The molecule has 0 aliphatic carbocycles. The number of aromatic nitrogens is 1. The van der Waals surface area contributed by atoms with Gasteiger partial charge >= 0.3 is 0 Å². The van der Waals surface area contributed by atoms with Crippen molar-refractivity contribution < 1.29 is 4.39 Å². The molecule has 0 amide bonds. The molecule has 76 valence electrons. The van der Waals surface area contributed by atoms with Crippen molar-refractivity contribution in [2.24, 2.45) is 0 Å². The van der Waals surface area contributed by atoms with Gasteiger partial charge in [0, 0.05) is 12.7 Å². The van der Waals surface area contributed by atoms with Crippen LogP contribution in [0.3, 0.4) is 0 Å². The third-order valence-electron chi connectivity index (χ3n) is 2.13. The highest BCUT2D eigenvalue weighted by Crippen LogP contribution is 2.19. The van der Waals surface area contributed by atoms with Gasteiger partial charge in [0.2, 0.25) is 0 Å². The Labute approximate surface area is 88.6 Å². The Bertz CT molecular complexity index is 339. The van der Waals surface area contributed by atoms with E-state index in [9.17, 15) is 4.39 Å². The topological polar surface area (TPSA) is 24.9 Å². The Kier molecular flexibility index (Phi) is 4.04. The van der Waals surface area contributed by atoms with Crippen LogP contribution in [0.25, 0.3) is 5.57 Å². The minimum absolute atomic E-state index is 0. The lowest BCUT2D eigenvalue weighted by Crippen LogP contribution is -2.20. The second-order valence-corrected chi connectivity index (χ2v) is 3.02. The second kappa shape index (κ2) is 5.08. The summed E-state index contributed by atoms with van der Waals surface area (Å²) in [4.78, 5) is 4.03. The summed E-state index contributed by atoms with van der Waals surface area (Å²) in [6.45, 7) is 1.72. The highest BCUT2D eigenvalue weighted by molar-refractivity contribution is 5.85. The molecule has 0 atom stereocenters. The van der Waals surface area contributed by atoms with Crippen LogP contribution in [0, 0.1) is 5.82 Å². The van der Waals surface area contributed by atoms with Crippen molar-refractivity contribution in [3.63, 3.8) is 0 Å². The molecule has 1 aromatic heterocycles. The smallest absolute Gasteiger partial charge is 0.149 e. The monoisotopic (exact) mass is 214 g/mol. The zero-order valence-corrected chi connectivity index (χ0v) is 8.48. The number of halogens is 2. The fourth-order valence-electron chi connectivity index (χ4n) is 1.46. The summed E-state index contributed by atoms with van der Waals surface area (Å²) in [7, 11) is 0. The highest BCUT2D eigenvalue weighted by Gasteiger charge is 2.10. The minimum atomic E-state index is -0.226. The van der Waals surface area contributed by atoms with Gasteiger partial charge in [-0.25, -0.2) is 4.39 Å². The molecule has 0 bridgehead atoms. The van der Waals surface area contributed by atoms with Crippen LogP contribution < -0.4 is 5.32 Å². The predicted molar refractivity (Wildman–Crippen MR) is 56.9 cm³/mol. The van der Waals surface area contributed by atoms with Crippen LogP contribution in [-0.2, 0) is 0 Å². The number of hydrogen-bond acceptors (Lipinski definition) is 2. The van der Waals surface area contributed by atoms with E-state index in [2.05, 4.69) is 10.3 Å². The Balaban J connectivity index is 0.000000980. The third-order valence-corrected chi connectivity index (χ3v) is 2.13. The first kappa shape index (κ1) is 11.1. The van der Waals surface area contributed by atoms with Gasteiger partial charge in [-0.1, -0.05) is 6.08 Å². The fourth-order valence-corrected chi connectivity index (χ4v) is 1.46. The molecule has 4 heteroatoms. The zero-order chi connectivity index (χ0) is 9.10. The Morgan fingerprint density at radius 3 is 2.93 bits per heavy atom. The lowest BCUT2D eigenvalue weighted by molar-refractivity contribution is 0.613. The van der Waals surface area contributed by atoms with E-state index in [0.29, 0.717) is 5.69 Å². The summed E-state index contributed by atoms with van der Waals surface area (Å²) in [5.41, 5.74) is 1.51. The van der Waals surface area contributed by atoms with Crippen molar-refractivity contribution in [3.8, 4) is 0 Å². The molecule has 1 aromatic rings. The van der Waals surface area contributed by atoms with Gasteiger partial charge in [-0.15, -0.1) is 12.4 Å². The molecule has 1 aliphatic heterocycles. The van der Waals surface area contributed by atoms with E-state index in [1.807, 2.05) is 6.08 Å². The van der Waals surface area contributed by atoms with Gasteiger partial charge in [0.25, 0.3) is 0 Å². The van der Waals surface area contributed by atoms with Crippen LogP contribution in [0.1, 0.15) is 12.1 Å². The molecular formula is C10H12ClFN2. The van der Waals surface area contributed by atoms with Crippen LogP contribution in [0.4, 0.5) is 4.39 Å². The van der Waals surface area contributed by atoms with E-state index in [4.69, 9.17) is 0 Å². The van der Waals surface area contributed by atoms with Gasteiger partial charge < -0.3 is 5.32 Å². The van der Waals surface area contributed by atoms with Crippen molar-refractivity contribution in [2.75, 3.05) is 13.1 Å². The number of rotatable bonds is 1. The van der Waals surface area contributed by atoms with Gasteiger partial charge in [-0.3, -0.25) is 4.98 Å². The van der Waals surface area contributed by atoms with Gasteiger partial charge in [0.15, 0.2) is 0 Å². The first-order valence-corrected chi connectivity index (χ1v) is 4.38. The van der Waals surface area contributed by atoms with E-state index < -0.39 is 0 Å². The first-order chi connectivity index (χ1) is 6.38. The van der Waals surface area contributed by atoms with Gasteiger partial charge in [-0.05, 0) is 30.7 Å². The fraction of sp³-hybridized carbons (Fsp3) is 0.300. The second-order valence-electron chi connectivity index (χ2n) is 3.02. The minimum Gasteiger partial charge on any atom is -0.313 e. The van der Waals surface area contributed by atoms with Crippen LogP contribution in [-0.4, -0.2) is 18.1 Å². The maximum absolute atomic E-state index is 13.3. The number of hydrogen-bond donors (Lipinski definition) is 1. The lowest BCUT2D eigenvalue weighted by Gasteiger charge is -2.13. The SMILES string of the molecule is Cl.Fc1cccnc1C1=CCNCC1. The standard InChI is InChI=1S/C10H11FN2.ClH/c11-9-2-1-5-13-10(9)8-3-6-12-7-4-8;/h1-3,5,12H,4,6-7H2;1H. The average molecular weight is 215 g/mol. The average Bonchev–Trinajstić information content (AvgIpc) is 2.20. The van der Waals surface area contributed by atoms with Crippen molar-refractivity contribution >= 4 is 18.0 Å². The van der Waals surface area contributed by atoms with Gasteiger partial charge in [0.1, 0.15) is 11.5 Å². The molecule has 0 unspecified atom stereocenters. The normalized spacial score (nSPS) is 15.6. The van der Waals surface area contributed by atoms with Gasteiger partial charge in [-0.2, -0.15) is 0 Å². The molecule has 0 spiro atoms. The number of pyridine rings is 1.